The molecule has 0 radical (unpaired) electrons. The van der Waals surface area contributed by atoms with Crippen LogP contribution in [0.1, 0.15) is 12.0 Å². The number of hydrogen-bond donors (Lipinski definition) is 1. The second-order valence-corrected chi connectivity index (χ2v) is 3.23. The van der Waals surface area contributed by atoms with Gasteiger partial charge >= 0.3 is 0 Å². The van der Waals surface area contributed by atoms with Crippen LogP contribution in [-0.2, 0) is 11.3 Å². The van der Waals surface area contributed by atoms with Crippen molar-refractivity contribution in [3.8, 4) is 5.88 Å². The van der Waals surface area contributed by atoms with E-state index in [0.717, 1.165) is 5.56 Å². The lowest BCUT2D eigenvalue weighted by atomic mass is 10.3. The Morgan fingerprint density at radius 1 is 1.50 bits per heavy atom. The molecule has 78 valence electrons. The van der Waals surface area contributed by atoms with Gasteiger partial charge in [-0.2, -0.15) is 0 Å². The Bertz CT molecular complexity index is 357. The first kappa shape index (κ1) is 10.8. The Labute approximate surface area is 82.8 Å². The van der Waals surface area contributed by atoms with E-state index in [0.29, 0.717) is 19.6 Å². The first-order valence-corrected chi connectivity index (χ1v) is 4.54. The molecule has 1 aromatic heterocycles. The number of rotatable bonds is 4. The summed E-state index contributed by atoms with van der Waals surface area (Å²) in [6.07, 6.45) is 0.715. The Balaban J connectivity index is 2.81. The average Bonchev–Trinajstić information content (AvgIpc) is 2.09. The number of methoxy groups -OCH3 is 1. The Morgan fingerprint density at radius 3 is 2.79 bits per heavy atom. The number of hydrogen-bond acceptors (Lipinski definition) is 3. The summed E-state index contributed by atoms with van der Waals surface area (Å²) < 4.78 is 6.21. The van der Waals surface area contributed by atoms with Crippen molar-refractivity contribution in [2.75, 3.05) is 13.7 Å². The molecule has 1 aromatic rings. The molecule has 4 nitrogen and oxygen atoms in total. The van der Waals surface area contributed by atoms with Gasteiger partial charge in [-0.3, -0.25) is 9.36 Å². The monoisotopic (exact) mass is 197 g/mol. The average molecular weight is 197 g/mol. The van der Waals surface area contributed by atoms with Crippen LogP contribution in [0.15, 0.2) is 16.9 Å². The maximum Gasteiger partial charge on any atom is 0.253 e. The molecule has 0 saturated carbocycles. The maximum atomic E-state index is 11.4. The van der Waals surface area contributed by atoms with Crippen molar-refractivity contribution in [2.45, 2.75) is 19.9 Å². The van der Waals surface area contributed by atoms with Gasteiger partial charge in [0.05, 0.1) is 0 Å². The molecular weight excluding hydrogens is 182 g/mol. The van der Waals surface area contributed by atoms with Crippen LogP contribution in [0.2, 0.25) is 0 Å². The number of aromatic hydroxyl groups is 1. The van der Waals surface area contributed by atoms with Gasteiger partial charge in [0, 0.05) is 32.4 Å². The van der Waals surface area contributed by atoms with Gasteiger partial charge in [0.1, 0.15) is 0 Å². The van der Waals surface area contributed by atoms with Gasteiger partial charge in [0.2, 0.25) is 0 Å². The minimum atomic E-state index is -0.168. The Morgan fingerprint density at radius 2 is 2.21 bits per heavy atom. The van der Waals surface area contributed by atoms with Gasteiger partial charge in [0.15, 0.2) is 5.88 Å². The second-order valence-electron chi connectivity index (χ2n) is 3.23. The van der Waals surface area contributed by atoms with Crippen LogP contribution in [0.4, 0.5) is 0 Å². The zero-order chi connectivity index (χ0) is 10.6. The predicted molar refractivity (Wildman–Crippen MR) is 53.6 cm³/mol. The minimum Gasteiger partial charge on any atom is -0.494 e. The topological polar surface area (TPSA) is 51.5 Å². The van der Waals surface area contributed by atoms with Gasteiger partial charge in [0.25, 0.3) is 5.56 Å². The maximum absolute atomic E-state index is 11.4. The molecule has 0 aliphatic rings. The van der Waals surface area contributed by atoms with Gasteiger partial charge in [-0.1, -0.05) is 0 Å². The molecule has 0 amide bonds. The summed E-state index contributed by atoms with van der Waals surface area (Å²) in [5, 5.41) is 9.49. The minimum absolute atomic E-state index is 0.0195. The largest absolute Gasteiger partial charge is 0.494 e. The van der Waals surface area contributed by atoms with Crippen LogP contribution in [0.5, 0.6) is 5.88 Å². The van der Waals surface area contributed by atoms with Crippen LogP contribution >= 0.6 is 0 Å². The van der Waals surface area contributed by atoms with Crippen molar-refractivity contribution in [3.63, 3.8) is 0 Å². The van der Waals surface area contributed by atoms with Crippen molar-refractivity contribution in [1.29, 1.82) is 0 Å². The van der Waals surface area contributed by atoms with Crippen LogP contribution in [0.25, 0.3) is 0 Å². The summed E-state index contributed by atoms with van der Waals surface area (Å²) in [4.78, 5) is 11.4. The van der Waals surface area contributed by atoms with Crippen LogP contribution in [0.3, 0.4) is 0 Å². The molecule has 0 atom stereocenters. The van der Waals surface area contributed by atoms with Gasteiger partial charge in [-0.05, 0) is 18.9 Å². The lowest BCUT2D eigenvalue weighted by Gasteiger charge is -2.08. The third-order valence-electron chi connectivity index (χ3n) is 1.98. The van der Waals surface area contributed by atoms with Gasteiger partial charge in [-0.25, -0.2) is 0 Å². The van der Waals surface area contributed by atoms with Crippen LogP contribution in [0, 0.1) is 6.92 Å². The first-order chi connectivity index (χ1) is 6.65. The fourth-order valence-electron chi connectivity index (χ4n) is 1.30. The van der Waals surface area contributed by atoms with Crippen molar-refractivity contribution in [2.24, 2.45) is 0 Å². The van der Waals surface area contributed by atoms with E-state index in [9.17, 15) is 9.90 Å². The molecule has 0 fully saturated rings. The molecular formula is C10H15NO3. The molecule has 4 heteroatoms. The zero-order valence-electron chi connectivity index (χ0n) is 8.49. The summed E-state index contributed by atoms with van der Waals surface area (Å²) in [7, 11) is 1.61. The highest BCUT2D eigenvalue weighted by Gasteiger charge is 2.02. The van der Waals surface area contributed by atoms with E-state index in [-0.39, 0.29) is 11.4 Å². The highest BCUT2D eigenvalue weighted by Crippen LogP contribution is 2.08. The standard InChI is InChI=1S/C10H15NO3/c1-8-6-9(12)11(10(13)7-8)4-3-5-14-2/h6-7,12H,3-5H2,1-2H3. The summed E-state index contributed by atoms with van der Waals surface area (Å²) in [6.45, 7) is 2.85. The summed E-state index contributed by atoms with van der Waals surface area (Å²) in [5.41, 5.74) is 0.606. The van der Waals surface area contributed by atoms with Gasteiger partial charge in [-0.15, -0.1) is 0 Å². The lowest BCUT2D eigenvalue weighted by molar-refractivity contribution is 0.188. The third-order valence-corrected chi connectivity index (χ3v) is 1.98. The molecule has 1 heterocycles. The smallest absolute Gasteiger partial charge is 0.253 e. The molecule has 0 unspecified atom stereocenters. The van der Waals surface area contributed by atoms with Crippen molar-refractivity contribution in [3.05, 3.63) is 28.0 Å². The lowest BCUT2D eigenvalue weighted by Crippen LogP contribution is -2.20. The molecule has 0 aromatic carbocycles. The summed E-state index contributed by atoms with van der Waals surface area (Å²) in [6, 6.07) is 3.08. The molecule has 1 N–H and O–H groups in total. The normalized spacial score (nSPS) is 10.4. The molecule has 0 aliphatic carbocycles. The van der Waals surface area contributed by atoms with E-state index >= 15 is 0 Å². The molecule has 0 bridgehead atoms. The van der Waals surface area contributed by atoms with E-state index < -0.39 is 0 Å². The Kier molecular flexibility index (Phi) is 3.71. The van der Waals surface area contributed by atoms with Crippen LogP contribution in [-0.4, -0.2) is 23.4 Å². The summed E-state index contributed by atoms with van der Waals surface area (Å²) in [5.74, 6) is 0.0195. The number of pyridine rings is 1. The first-order valence-electron chi connectivity index (χ1n) is 4.54. The second kappa shape index (κ2) is 4.81. The number of aromatic nitrogens is 1. The van der Waals surface area contributed by atoms with Gasteiger partial charge < -0.3 is 9.84 Å². The van der Waals surface area contributed by atoms with E-state index in [1.54, 1.807) is 20.1 Å². The number of ether oxygens (including phenoxy) is 1. The van der Waals surface area contributed by atoms with E-state index in [1.165, 1.54) is 10.6 Å². The molecule has 0 aliphatic heterocycles. The number of aryl methyl sites for hydroxylation is 1. The molecule has 1 rings (SSSR count). The predicted octanol–water partition coefficient (Wildman–Crippen LogP) is 0.899. The third kappa shape index (κ3) is 2.60. The molecule has 0 saturated heterocycles. The fraction of sp³-hybridized carbons (Fsp3) is 0.500. The van der Waals surface area contributed by atoms with Crippen molar-refractivity contribution in [1.82, 2.24) is 4.57 Å². The van der Waals surface area contributed by atoms with E-state index in [2.05, 4.69) is 0 Å². The highest BCUT2D eigenvalue weighted by molar-refractivity contribution is 5.19. The number of nitrogens with zero attached hydrogens (tertiary/aromatic N) is 1. The van der Waals surface area contributed by atoms with Crippen LogP contribution < -0.4 is 5.56 Å². The fourth-order valence-corrected chi connectivity index (χ4v) is 1.30. The highest BCUT2D eigenvalue weighted by atomic mass is 16.5. The zero-order valence-corrected chi connectivity index (χ0v) is 8.49. The quantitative estimate of drug-likeness (QED) is 0.729. The molecule has 0 spiro atoms. The van der Waals surface area contributed by atoms with Crippen molar-refractivity contribution >= 4 is 0 Å². The molecule has 14 heavy (non-hydrogen) atoms. The summed E-state index contributed by atoms with van der Waals surface area (Å²) >= 11 is 0. The van der Waals surface area contributed by atoms with E-state index in [1.807, 2.05) is 0 Å². The Hall–Kier alpha value is -1.29. The SMILES string of the molecule is COCCCn1c(O)cc(C)cc1=O. The van der Waals surface area contributed by atoms with Crippen molar-refractivity contribution < 1.29 is 9.84 Å². The van der Waals surface area contributed by atoms with E-state index in [4.69, 9.17) is 4.74 Å².